The van der Waals surface area contributed by atoms with Crippen LogP contribution in [0.25, 0.3) is 23.3 Å². The molecule has 0 heterocycles. The maximum absolute atomic E-state index is 4.23. The van der Waals surface area contributed by atoms with E-state index in [1.165, 1.54) is 44.5 Å². The van der Waals surface area contributed by atoms with E-state index in [0.29, 0.717) is 5.92 Å². The molecule has 6 rings (SSSR count). The Hall–Kier alpha value is -2.83. The number of hydrogen-bond acceptors (Lipinski definition) is 0. The summed E-state index contributed by atoms with van der Waals surface area (Å²) >= 11 is -2.60. The van der Waals surface area contributed by atoms with Gasteiger partial charge in [-0.05, 0) is 0 Å². The molecule has 0 aliphatic heterocycles. The van der Waals surface area contributed by atoms with E-state index in [1.54, 1.807) is 15.3 Å². The van der Waals surface area contributed by atoms with Crippen LogP contribution in [0.4, 0.5) is 0 Å². The molecule has 2 aliphatic carbocycles. The van der Waals surface area contributed by atoms with Crippen molar-refractivity contribution in [3.8, 4) is 11.1 Å². The van der Waals surface area contributed by atoms with Crippen LogP contribution in [0.1, 0.15) is 47.2 Å². The van der Waals surface area contributed by atoms with Crippen molar-refractivity contribution in [2.45, 2.75) is 33.1 Å². The molecule has 0 aromatic heterocycles. The normalized spacial score (nSPS) is 14.2. The predicted octanol–water partition coefficient (Wildman–Crippen LogP) is 2.93. The van der Waals surface area contributed by atoms with Crippen LogP contribution in [0.2, 0.25) is 0 Å². The summed E-state index contributed by atoms with van der Waals surface area (Å²) in [4.78, 5) is 0. The fourth-order valence-electron chi connectivity index (χ4n) is 6.47. The summed E-state index contributed by atoms with van der Waals surface area (Å²) in [6.07, 6.45) is 12.1. The topological polar surface area (TPSA) is 0 Å². The van der Waals surface area contributed by atoms with Crippen LogP contribution < -0.4 is 28.1 Å². The molecule has 0 saturated heterocycles. The number of allylic oxidation sites excluding steroid dienone is 4. The third-order valence-electron chi connectivity index (χ3n) is 8.35. The van der Waals surface area contributed by atoms with Gasteiger partial charge in [-0.2, -0.15) is 0 Å². The van der Waals surface area contributed by atoms with Gasteiger partial charge in [0.2, 0.25) is 0 Å². The molecule has 0 saturated carbocycles. The van der Waals surface area contributed by atoms with Gasteiger partial charge in [-0.1, -0.05) is 0 Å². The molecule has 3 heteroatoms. The minimum atomic E-state index is -2.60. The Morgan fingerprint density at radius 1 is 0.786 bits per heavy atom. The Morgan fingerprint density at radius 2 is 1.38 bits per heavy atom. The van der Waals surface area contributed by atoms with Crippen molar-refractivity contribution in [2.24, 2.45) is 5.92 Å². The molecule has 1 atom stereocenters. The van der Waals surface area contributed by atoms with Gasteiger partial charge in [-0.3, -0.25) is 0 Å². The minimum absolute atomic E-state index is 0. The number of rotatable bonds is 8. The van der Waals surface area contributed by atoms with E-state index >= 15 is 0 Å². The molecular formula is C39H36Cl2Zr. The summed E-state index contributed by atoms with van der Waals surface area (Å²) in [7, 11) is 0. The Morgan fingerprint density at radius 3 is 1.93 bits per heavy atom. The summed E-state index contributed by atoms with van der Waals surface area (Å²) in [6, 6.07) is 34.0. The van der Waals surface area contributed by atoms with Crippen LogP contribution in [-0.2, 0) is 40.5 Å². The van der Waals surface area contributed by atoms with Gasteiger partial charge in [0.1, 0.15) is 0 Å². The molecule has 2 aliphatic rings. The van der Waals surface area contributed by atoms with Crippen molar-refractivity contribution >= 4 is 18.6 Å². The van der Waals surface area contributed by atoms with Crippen molar-refractivity contribution in [3.63, 3.8) is 0 Å². The molecule has 210 valence electrons. The molecule has 1 unspecified atom stereocenters. The second-order valence-electron chi connectivity index (χ2n) is 11.2. The molecule has 0 fully saturated rings. The van der Waals surface area contributed by atoms with Crippen molar-refractivity contribution in [2.75, 3.05) is 0 Å². The van der Waals surface area contributed by atoms with E-state index in [2.05, 4.69) is 130 Å². The molecule has 0 bridgehead atoms. The summed E-state index contributed by atoms with van der Waals surface area (Å²) in [5.74, 6) is 0.482. The first kappa shape index (κ1) is 32.1. The number of fused-ring (bicyclic) bond motifs is 3. The second-order valence-corrected chi connectivity index (χ2v) is 17.5. The Kier molecular flexibility index (Phi) is 10.8. The Bertz CT molecular complexity index is 1670. The van der Waals surface area contributed by atoms with E-state index in [-0.39, 0.29) is 24.8 Å². The predicted molar refractivity (Wildman–Crippen MR) is 171 cm³/mol. The van der Waals surface area contributed by atoms with Crippen LogP contribution in [0, 0.1) is 5.92 Å². The molecule has 0 nitrogen and oxygen atoms in total. The summed E-state index contributed by atoms with van der Waals surface area (Å²) in [5, 5.41) is 0. The number of hydrogen-bond donors (Lipinski definition) is 0. The van der Waals surface area contributed by atoms with Gasteiger partial charge in [0.05, 0.1) is 0 Å². The zero-order valence-corrected chi connectivity index (χ0v) is 28.3. The first-order valence-electron chi connectivity index (χ1n) is 14.3. The van der Waals surface area contributed by atoms with Crippen molar-refractivity contribution in [1.82, 2.24) is 0 Å². The van der Waals surface area contributed by atoms with Crippen molar-refractivity contribution in [3.05, 3.63) is 159 Å². The van der Waals surface area contributed by atoms with Crippen molar-refractivity contribution in [1.29, 1.82) is 0 Å². The molecule has 0 spiro atoms. The van der Waals surface area contributed by atoms with Crippen LogP contribution in [0.3, 0.4) is 0 Å². The smallest absolute Gasteiger partial charge is 1.00 e. The molecular weight excluding hydrogens is 631 g/mol. The van der Waals surface area contributed by atoms with Crippen LogP contribution >= 0.6 is 0 Å². The Balaban J connectivity index is 0.00000202. The average molecular weight is 667 g/mol. The summed E-state index contributed by atoms with van der Waals surface area (Å²) in [5.41, 5.74) is 12.4. The van der Waals surface area contributed by atoms with Crippen LogP contribution in [-0.4, -0.2) is 3.21 Å². The third-order valence-corrected chi connectivity index (χ3v) is 16.3. The van der Waals surface area contributed by atoms with Crippen LogP contribution in [0.5, 0.6) is 0 Å². The Labute approximate surface area is 271 Å². The fraction of sp³-hybridized carbons (Fsp3) is 0.154. The van der Waals surface area contributed by atoms with Gasteiger partial charge in [0, 0.05) is 0 Å². The van der Waals surface area contributed by atoms with Crippen molar-refractivity contribution < 1.29 is 46.1 Å². The maximum atomic E-state index is 4.23. The van der Waals surface area contributed by atoms with E-state index in [0.717, 1.165) is 19.3 Å². The van der Waals surface area contributed by atoms with Gasteiger partial charge < -0.3 is 24.8 Å². The summed E-state index contributed by atoms with van der Waals surface area (Å²) in [6.45, 7) is 12.9. The van der Waals surface area contributed by atoms with Gasteiger partial charge in [-0.25, -0.2) is 0 Å². The molecule has 0 radical (unpaired) electrons. The zero-order chi connectivity index (χ0) is 27.6. The largest absolute Gasteiger partial charge is 1.00 e. The first-order chi connectivity index (χ1) is 19.5. The van der Waals surface area contributed by atoms with E-state index < -0.39 is 21.3 Å². The van der Waals surface area contributed by atoms with Gasteiger partial charge in [-0.15, -0.1) is 0 Å². The van der Waals surface area contributed by atoms with Gasteiger partial charge in [0.15, 0.2) is 0 Å². The van der Waals surface area contributed by atoms with Gasteiger partial charge in [0.25, 0.3) is 0 Å². The molecule has 0 amide bonds. The fourth-order valence-corrected chi connectivity index (χ4v) is 15.3. The van der Waals surface area contributed by atoms with E-state index in [4.69, 9.17) is 0 Å². The minimum Gasteiger partial charge on any atom is -1.00 e. The molecule has 42 heavy (non-hydrogen) atoms. The number of halogens is 2. The zero-order valence-electron chi connectivity index (χ0n) is 24.3. The second kappa shape index (κ2) is 14.1. The monoisotopic (exact) mass is 664 g/mol. The third kappa shape index (κ3) is 6.55. The first-order valence-corrected chi connectivity index (χ1v) is 18.0. The quantitative estimate of drug-likeness (QED) is 0.239. The van der Waals surface area contributed by atoms with E-state index in [1.807, 2.05) is 12.2 Å². The summed E-state index contributed by atoms with van der Waals surface area (Å²) < 4.78 is 5.08. The van der Waals surface area contributed by atoms with Crippen LogP contribution in [0.15, 0.2) is 125 Å². The standard InChI is InChI=1S/C17H13.C15H14.C7H9.2ClH.Zr/c1-3-12-5-7-14-11-15-8-6-13(4-2)10-17(15)16(14)9-12;1-3-8-14(9-4-1)12-7-13-15-10-5-2-6-11-15;1-6-3-4-7(2)5-6;;;/h3-7,9-10H,1-2,11H2;1-6,8-11H,12-13H2;3,5,7H,1-2H3;2*1H;/q;;;;;+2/p-2. The van der Waals surface area contributed by atoms with E-state index in [9.17, 15) is 0 Å². The SMILES string of the molecule is C=Cc1ccc2c(c1)-c1cc(C=C)c[c]([Zr+2]([C]3=CC(C)=CC3C)=[C](Cc3ccccc3)Cc3ccccc3)c1C2.[Cl-].[Cl-]. The average Bonchev–Trinajstić information content (AvgIpc) is 3.52. The molecule has 4 aromatic rings. The maximum Gasteiger partial charge on any atom is -1.00 e. The molecule has 4 aromatic carbocycles. The van der Waals surface area contributed by atoms with Gasteiger partial charge >= 0.3 is 249 Å². The molecule has 0 N–H and O–H groups in total. The number of benzene rings is 4.